The minimum absolute atomic E-state index is 0.486. The fourth-order valence-corrected chi connectivity index (χ4v) is 3.72. The van der Waals surface area contributed by atoms with Crippen molar-refractivity contribution >= 4 is 5.96 Å². The molecule has 0 radical (unpaired) electrons. The molecule has 1 aromatic heterocycles. The Bertz CT molecular complexity index is 601. The third-order valence-corrected chi connectivity index (χ3v) is 5.40. The second-order valence-corrected chi connectivity index (χ2v) is 7.88. The van der Waals surface area contributed by atoms with Gasteiger partial charge in [0.1, 0.15) is 6.61 Å². The van der Waals surface area contributed by atoms with E-state index in [1.165, 1.54) is 38.8 Å². The molecule has 0 aromatic carbocycles. The van der Waals surface area contributed by atoms with Crippen LogP contribution < -0.4 is 15.4 Å². The molecular formula is C22H39N5O2. The highest BCUT2D eigenvalue weighted by molar-refractivity contribution is 5.79. The van der Waals surface area contributed by atoms with E-state index in [-0.39, 0.29) is 0 Å². The van der Waals surface area contributed by atoms with Crippen molar-refractivity contribution in [3.05, 3.63) is 23.9 Å². The number of aromatic nitrogens is 1. The van der Waals surface area contributed by atoms with E-state index in [1.807, 2.05) is 19.2 Å². The van der Waals surface area contributed by atoms with Gasteiger partial charge in [-0.3, -0.25) is 9.89 Å². The molecule has 0 saturated carbocycles. The van der Waals surface area contributed by atoms with Crippen LogP contribution in [-0.4, -0.2) is 68.9 Å². The van der Waals surface area contributed by atoms with Gasteiger partial charge in [-0.25, -0.2) is 4.98 Å². The molecule has 2 rings (SSSR count). The first-order valence-corrected chi connectivity index (χ1v) is 10.9. The van der Waals surface area contributed by atoms with Crippen molar-refractivity contribution < 1.29 is 9.47 Å². The van der Waals surface area contributed by atoms with Crippen molar-refractivity contribution in [2.45, 2.75) is 52.1 Å². The minimum Gasteiger partial charge on any atom is -0.475 e. The van der Waals surface area contributed by atoms with Crippen LogP contribution in [0.15, 0.2) is 23.3 Å². The van der Waals surface area contributed by atoms with Gasteiger partial charge in [0.05, 0.1) is 6.61 Å². The number of ether oxygens (including phenoxy) is 2. The maximum atomic E-state index is 5.72. The molecule has 29 heavy (non-hydrogen) atoms. The number of likely N-dealkylation sites (tertiary alicyclic amines) is 1. The molecule has 2 heterocycles. The fourth-order valence-electron chi connectivity index (χ4n) is 3.72. The average molecular weight is 406 g/mol. The highest BCUT2D eigenvalue weighted by Crippen LogP contribution is 2.17. The summed E-state index contributed by atoms with van der Waals surface area (Å²) in [6, 6.07) is 4.45. The molecule has 1 aliphatic rings. The van der Waals surface area contributed by atoms with Crippen molar-refractivity contribution in [1.29, 1.82) is 0 Å². The molecule has 7 heteroatoms. The zero-order valence-corrected chi connectivity index (χ0v) is 18.6. The first-order valence-electron chi connectivity index (χ1n) is 10.9. The first-order chi connectivity index (χ1) is 14.2. The monoisotopic (exact) mass is 405 g/mol. The lowest BCUT2D eigenvalue weighted by molar-refractivity contribution is 0.143. The third-order valence-electron chi connectivity index (χ3n) is 5.40. The smallest absolute Gasteiger partial charge is 0.218 e. The van der Waals surface area contributed by atoms with Crippen molar-refractivity contribution in [2.75, 3.05) is 47.0 Å². The lowest BCUT2D eigenvalue weighted by atomic mass is 10.0. The van der Waals surface area contributed by atoms with Gasteiger partial charge in [-0.05, 0) is 37.9 Å². The van der Waals surface area contributed by atoms with E-state index in [0.717, 1.165) is 18.1 Å². The maximum Gasteiger partial charge on any atom is 0.218 e. The molecule has 1 aromatic rings. The van der Waals surface area contributed by atoms with Crippen molar-refractivity contribution in [3.63, 3.8) is 0 Å². The summed E-state index contributed by atoms with van der Waals surface area (Å²) in [5, 5.41) is 6.92. The van der Waals surface area contributed by atoms with Crippen LogP contribution in [0, 0.1) is 5.92 Å². The Balaban J connectivity index is 1.88. The van der Waals surface area contributed by atoms with Gasteiger partial charge in [0.25, 0.3) is 0 Å². The molecule has 1 atom stereocenters. The predicted octanol–water partition coefficient (Wildman–Crippen LogP) is 2.67. The number of aliphatic imine (C=N–C) groups is 1. The molecule has 7 nitrogen and oxygen atoms in total. The highest BCUT2D eigenvalue weighted by Gasteiger charge is 2.22. The summed E-state index contributed by atoms with van der Waals surface area (Å²) in [6.07, 6.45) is 7.08. The number of pyridine rings is 1. The van der Waals surface area contributed by atoms with Crippen molar-refractivity contribution in [1.82, 2.24) is 20.5 Å². The minimum atomic E-state index is 0.486. The van der Waals surface area contributed by atoms with Crippen LogP contribution in [0.3, 0.4) is 0 Å². The summed E-state index contributed by atoms with van der Waals surface area (Å²) in [7, 11) is 3.47. The summed E-state index contributed by atoms with van der Waals surface area (Å²) >= 11 is 0. The van der Waals surface area contributed by atoms with Gasteiger partial charge in [0.15, 0.2) is 5.96 Å². The SMILES string of the molecule is CN=C(NCc1cccnc1OCCOC)NCC(C(C)C)N1CCCCCC1. The van der Waals surface area contributed by atoms with Crippen LogP contribution in [0.25, 0.3) is 0 Å². The molecular weight excluding hydrogens is 366 g/mol. The number of nitrogens with one attached hydrogen (secondary N) is 2. The van der Waals surface area contributed by atoms with Crippen LogP contribution in [0.1, 0.15) is 45.1 Å². The van der Waals surface area contributed by atoms with Gasteiger partial charge < -0.3 is 20.1 Å². The number of hydrogen-bond donors (Lipinski definition) is 2. The van der Waals surface area contributed by atoms with E-state index in [2.05, 4.69) is 39.4 Å². The fraction of sp³-hybridized carbons (Fsp3) is 0.727. The standard InChI is InChI=1S/C22H39N5O2/c1-18(2)20(27-12-7-5-6-8-13-27)17-26-22(23-3)25-16-19-10-9-11-24-21(19)29-15-14-28-4/h9-11,18,20H,5-8,12-17H2,1-4H3,(H2,23,25,26). The Morgan fingerprint density at radius 1 is 1.17 bits per heavy atom. The summed E-state index contributed by atoms with van der Waals surface area (Å²) in [5.74, 6) is 2.03. The lowest BCUT2D eigenvalue weighted by Crippen LogP contribution is -2.49. The zero-order valence-electron chi connectivity index (χ0n) is 18.6. The molecule has 1 saturated heterocycles. The number of guanidine groups is 1. The van der Waals surface area contributed by atoms with E-state index in [1.54, 1.807) is 13.3 Å². The van der Waals surface area contributed by atoms with Crippen molar-refractivity contribution in [3.8, 4) is 5.88 Å². The molecule has 164 valence electrons. The van der Waals surface area contributed by atoms with Crippen LogP contribution in [-0.2, 0) is 11.3 Å². The molecule has 0 aliphatic carbocycles. The van der Waals surface area contributed by atoms with Gasteiger partial charge in [-0.15, -0.1) is 0 Å². The van der Waals surface area contributed by atoms with Gasteiger partial charge in [-0.2, -0.15) is 0 Å². The molecule has 2 N–H and O–H groups in total. The maximum absolute atomic E-state index is 5.72. The average Bonchev–Trinajstić information content (AvgIpc) is 3.00. The quantitative estimate of drug-likeness (QED) is 0.354. The topological polar surface area (TPSA) is 71.0 Å². The van der Waals surface area contributed by atoms with Gasteiger partial charge in [0, 0.05) is 45.0 Å². The normalized spacial score (nSPS) is 17.1. The number of methoxy groups -OCH3 is 1. The third kappa shape index (κ3) is 8.19. The van der Waals surface area contributed by atoms with Gasteiger partial charge >= 0.3 is 0 Å². The Morgan fingerprint density at radius 2 is 1.93 bits per heavy atom. The van der Waals surface area contributed by atoms with E-state index in [0.29, 0.717) is 37.6 Å². The summed E-state index contributed by atoms with van der Waals surface area (Å²) in [4.78, 5) is 11.4. The Hall–Kier alpha value is -1.86. The van der Waals surface area contributed by atoms with E-state index in [4.69, 9.17) is 9.47 Å². The molecule has 1 aliphatic heterocycles. The predicted molar refractivity (Wildman–Crippen MR) is 118 cm³/mol. The van der Waals surface area contributed by atoms with Gasteiger partial charge in [-0.1, -0.05) is 32.8 Å². The Kier molecular flexibility index (Phi) is 10.8. The van der Waals surface area contributed by atoms with Gasteiger partial charge in [0.2, 0.25) is 5.88 Å². The second kappa shape index (κ2) is 13.4. The zero-order chi connectivity index (χ0) is 20.9. The number of nitrogens with zero attached hydrogens (tertiary/aromatic N) is 3. The molecule has 1 fully saturated rings. The van der Waals surface area contributed by atoms with E-state index < -0.39 is 0 Å². The van der Waals surface area contributed by atoms with Crippen LogP contribution >= 0.6 is 0 Å². The molecule has 1 unspecified atom stereocenters. The van der Waals surface area contributed by atoms with Crippen LogP contribution in [0.4, 0.5) is 0 Å². The highest BCUT2D eigenvalue weighted by atomic mass is 16.5. The Labute approximate surface area is 176 Å². The van der Waals surface area contributed by atoms with Crippen LogP contribution in [0.5, 0.6) is 5.88 Å². The van der Waals surface area contributed by atoms with E-state index in [9.17, 15) is 0 Å². The second-order valence-electron chi connectivity index (χ2n) is 7.88. The molecule has 0 amide bonds. The summed E-state index contributed by atoms with van der Waals surface area (Å²) in [5.41, 5.74) is 1.000. The largest absolute Gasteiger partial charge is 0.475 e. The van der Waals surface area contributed by atoms with Crippen molar-refractivity contribution in [2.24, 2.45) is 10.9 Å². The van der Waals surface area contributed by atoms with E-state index >= 15 is 0 Å². The summed E-state index contributed by atoms with van der Waals surface area (Å²) in [6.45, 7) is 9.55. The number of rotatable bonds is 10. The Morgan fingerprint density at radius 3 is 2.59 bits per heavy atom. The molecule has 0 bridgehead atoms. The lowest BCUT2D eigenvalue weighted by Gasteiger charge is -2.34. The molecule has 0 spiro atoms. The number of hydrogen-bond acceptors (Lipinski definition) is 5. The van der Waals surface area contributed by atoms with Crippen LogP contribution in [0.2, 0.25) is 0 Å². The first kappa shape index (κ1) is 23.4. The summed E-state index contributed by atoms with van der Waals surface area (Å²) < 4.78 is 10.8.